The zero-order valence-corrected chi connectivity index (χ0v) is 37.9. The molecular formula is C43H36F8N6O5S4. The van der Waals surface area contributed by atoms with Crippen LogP contribution in [0.25, 0.3) is 21.1 Å². The van der Waals surface area contributed by atoms with Gasteiger partial charge >= 0.3 is 12.4 Å². The van der Waals surface area contributed by atoms with Gasteiger partial charge in [-0.25, -0.2) is 35.6 Å². The van der Waals surface area contributed by atoms with Crippen molar-refractivity contribution < 1.29 is 56.8 Å². The first-order valence-electron chi connectivity index (χ1n) is 19.8. The van der Waals surface area contributed by atoms with Crippen molar-refractivity contribution in [3.8, 4) is 21.1 Å². The van der Waals surface area contributed by atoms with Gasteiger partial charge in [0.2, 0.25) is 0 Å². The van der Waals surface area contributed by atoms with Gasteiger partial charge in [-0.2, -0.15) is 26.3 Å². The summed E-state index contributed by atoms with van der Waals surface area (Å²) in [4.78, 5) is 30.6. The Hall–Kier alpha value is -5.65. The van der Waals surface area contributed by atoms with Crippen molar-refractivity contribution >= 4 is 70.9 Å². The van der Waals surface area contributed by atoms with E-state index in [1.54, 1.807) is 30.4 Å². The fraction of sp³-hybridized carbons (Fsp3) is 0.279. The van der Waals surface area contributed by atoms with Gasteiger partial charge in [-0.15, -0.1) is 22.7 Å². The molecular weight excluding hydrogens is 961 g/mol. The molecule has 0 radical (unpaired) electrons. The van der Waals surface area contributed by atoms with Crippen LogP contribution >= 0.6 is 22.7 Å². The summed E-state index contributed by atoms with van der Waals surface area (Å²) >= 11 is 2.28. The van der Waals surface area contributed by atoms with E-state index in [1.807, 2.05) is 0 Å². The standard InChI is InChI=1S/C43H36F8N6O5S4/c1-65(59,60)27-21-29(37(40-52-7-17-63-40)35(23-27)56-13-9-54(10-14-56)33-5-3-25(19-31(33)44)42(46,47)48)39(58)30-22-28(66(2,61)62)24-36(38(30)41-53-8-18-64-41)57-15-11-55(12-16-57)34-6-4-26(20-32(34)45)43(49,50)51/h3-8,17-24H,9-16H2,1-2H3. The van der Waals surface area contributed by atoms with E-state index in [0.29, 0.717) is 22.1 Å². The summed E-state index contributed by atoms with van der Waals surface area (Å²) in [6.45, 7) is 0.718. The summed E-state index contributed by atoms with van der Waals surface area (Å²) in [5.74, 6) is -2.94. The van der Waals surface area contributed by atoms with Gasteiger partial charge in [-0.05, 0) is 60.7 Å². The number of hydrogen-bond donors (Lipinski definition) is 0. The van der Waals surface area contributed by atoms with E-state index in [0.717, 1.165) is 59.5 Å². The van der Waals surface area contributed by atoms with Crippen molar-refractivity contribution in [2.75, 3.05) is 84.5 Å². The molecule has 23 heteroatoms. The third kappa shape index (κ3) is 9.47. The number of nitrogens with zero attached hydrogens (tertiary/aromatic N) is 6. The zero-order valence-electron chi connectivity index (χ0n) is 34.6. The Balaban J connectivity index is 1.22. The Morgan fingerprint density at radius 3 is 1.14 bits per heavy atom. The van der Waals surface area contributed by atoms with Crippen molar-refractivity contribution in [3.63, 3.8) is 0 Å². The maximum Gasteiger partial charge on any atom is 0.416 e. The van der Waals surface area contributed by atoms with Crippen LogP contribution in [0.3, 0.4) is 0 Å². The third-order valence-corrected chi connectivity index (χ3v) is 15.1. The summed E-state index contributed by atoms with van der Waals surface area (Å²) < 4.78 is 164. The maximum absolute atomic E-state index is 15.5. The number of alkyl halides is 6. The van der Waals surface area contributed by atoms with Gasteiger partial charge in [0.15, 0.2) is 25.5 Å². The largest absolute Gasteiger partial charge is 0.416 e. The lowest BCUT2D eigenvalue weighted by Gasteiger charge is -2.39. The molecule has 66 heavy (non-hydrogen) atoms. The molecule has 0 amide bonds. The van der Waals surface area contributed by atoms with E-state index in [2.05, 4.69) is 9.97 Å². The highest BCUT2D eigenvalue weighted by Crippen LogP contribution is 2.44. The summed E-state index contributed by atoms with van der Waals surface area (Å²) in [5, 5.41) is 3.88. The Morgan fingerprint density at radius 1 is 0.530 bits per heavy atom. The van der Waals surface area contributed by atoms with Crippen LogP contribution in [0, 0.1) is 11.6 Å². The van der Waals surface area contributed by atoms with Crippen molar-refractivity contribution in [2.45, 2.75) is 22.1 Å². The predicted octanol–water partition coefficient (Wildman–Crippen LogP) is 8.94. The molecule has 2 saturated heterocycles. The Morgan fingerprint density at radius 2 is 0.864 bits per heavy atom. The summed E-state index contributed by atoms with van der Waals surface area (Å²) in [7, 11) is -8.13. The van der Waals surface area contributed by atoms with Gasteiger partial charge in [-0.3, -0.25) is 4.79 Å². The Kier molecular flexibility index (Phi) is 12.5. The van der Waals surface area contributed by atoms with Gasteiger partial charge in [0.25, 0.3) is 0 Å². The number of carbonyl (C=O) groups excluding carboxylic acids is 1. The first-order chi connectivity index (χ1) is 31.0. The highest BCUT2D eigenvalue weighted by molar-refractivity contribution is 7.91. The zero-order chi connectivity index (χ0) is 47.5. The fourth-order valence-electron chi connectivity index (χ4n) is 8.03. The monoisotopic (exact) mass is 996 g/mol. The molecule has 8 rings (SSSR count). The normalized spacial score (nSPS) is 15.4. The van der Waals surface area contributed by atoms with E-state index in [-0.39, 0.29) is 107 Å². The minimum absolute atomic E-state index is 0.0620. The number of piperazine rings is 2. The minimum Gasteiger partial charge on any atom is -0.367 e. The number of benzene rings is 4. The van der Waals surface area contributed by atoms with E-state index in [9.17, 15) is 43.2 Å². The average molecular weight is 997 g/mol. The number of carbonyl (C=O) groups is 1. The second kappa shape index (κ2) is 17.5. The lowest BCUT2D eigenvalue weighted by molar-refractivity contribution is -0.138. The first-order valence-corrected chi connectivity index (χ1v) is 25.4. The van der Waals surface area contributed by atoms with Crippen LogP contribution in [0.15, 0.2) is 93.6 Å². The number of aromatic nitrogens is 2. The summed E-state index contributed by atoms with van der Waals surface area (Å²) in [6, 6.07) is 9.67. The van der Waals surface area contributed by atoms with Crippen LogP contribution < -0.4 is 19.6 Å². The van der Waals surface area contributed by atoms with Crippen LogP contribution in [-0.4, -0.2) is 97.5 Å². The van der Waals surface area contributed by atoms with E-state index in [4.69, 9.17) is 0 Å². The predicted molar refractivity (Wildman–Crippen MR) is 236 cm³/mol. The smallest absolute Gasteiger partial charge is 0.367 e. The molecule has 2 aliphatic heterocycles. The highest BCUT2D eigenvalue weighted by atomic mass is 32.2. The van der Waals surface area contributed by atoms with Gasteiger partial charge in [0.1, 0.15) is 21.6 Å². The van der Waals surface area contributed by atoms with Gasteiger partial charge in [-0.1, -0.05) is 0 Å². The maximum atomic E-state index is 15.5. The number of anilines is 4. The molecule has 4 heterocycles. The molecule has 4 aromatic carbocycles. The average Bonchev–Trinajstić information content (AvgIpc) is 4.00. The number of thiazole rings is 2. The molecule has 0 unspecified atom stereocenters. The molecule has 11 nitrogen and oxygen atoms in total. The van der Waals surface area contributed by atoms with Crippen LogP contribution in [0.1, 0.15) is 27.0 Å². The molecule has 0 bridgehead atoms. The Bertz CT molecular complexity index is 2840. The lowest BCUT2D eigenvalue weighted by Crippen LogP contribution is -2.47. The molecule has 0 spiro atoms. The van der Waals surface area contributed by atoms with Crippen LogP contribution in [0.4, 0.5) is 57.9 Å². The summed E-state index contributed by atoms with van der Waals surface area (Å²) in [6.07, 6.45) is -4.64. The van der Waals surface area contributed by atoms with E-state index in [1.165, 1.54) is 36.7 Å². The number of ketones is 1. The number of rotatable bonds is 10. The van der Waals surface area contributed by atoms with Crippen LogP contribution in [-0.2, 0) is 32.0 Å². The molecule has 0 N–H and O–H groups in total. The Labute approximate surface area is 381 Å². The summed E-state index contributed by atoms with van der Waals surface area (Å²) in [5.41, 5.74) is -1.80. The highest BCUT2D eigenvalue weighted by Gasteiger charge is 2.36. The first kappa shape index (κ1) is 46.9. The number of hydrogen-bond acceptors (Lipinski definition) is 13. The molecule has 2 fully saturated rings. The topological polar surface area (TPSA) is 124 Å². The van der Waals surface area contributed by atoms with Crippen LogP contribution in [0.2, 0.25) is 0 Å². The fourth-order valence-corrected chi connectivity index (χ4v) is 10.8. The quantitative estimate of drug-likeness (QED) is 0.0966. The molecule has 2 aliphatic rings. The second-order valence-electron chi connectivity index (χ2n) is 15.6. The van der Waals surface area contributed by atoms with Crippen LogP contribution in [0.5, 0.6) is 0 Å². The van der Waals surface area contributed by atoms with Gasteiger partial charge in [0, 0.05) is 122 Å². The molecule has 2 aromatic heterocycles. The number of sulfone groups is 2. The molecule has 348 valence electrons. The SMILES string of the molecule is CS(=O)(=O)c1cc(C(=O)c2cc(S(C)(=O)=O)cc(N3CCN(c4ccc(C(F)(F)F)cc4F)CC3)c2-c2nccs2)c(-c2nccs2)c(N2CCN(c3ccc(C(F)(F)F)cc3F)CC2)c1. The van der Waals surface area contributed by atoms with Crippen molar-refractivity contribution in [1.29, 1.82) is 0 Å². The molecule has 0 atom stereocenters. The van der Waals surface area contributed by atoms with Gasteiger partial charge in [0.05, 0.1) is 32.3 Å². The van der Waals surface area contributed by atoms with E-state index < -0.39 is 60.6 Å². The van der Waals surface area contributed by atoms with E-state index >= 15 is 13.6 Å². The molecule has 0 saturated carbocycles. The molecule has 0 aliphatic carbocycles. The second-order valence-corrected chi connectivity index (χ2v) is 21.4. The van der Waals surface area contributed by atoms with Crippen molar-refractivity contribution in [2.24, 2.45) is 0 Å². The minimum atomic E-state index is -4.75. The van der Waals surface area contributed by atoms with Crippen molar-refractivity contribution in [1.82, 2.24) is 9.97 Å². The van der Waals surface area contributed by atoms with Gasteiger partial charge < -0.3 is 19.6 Å². The lowest BCUT2D eigenvalue weighted by atomic mass is 9.92. The third-order valence-electron chi connectivity index (χ3n) is 11.3. The molecule has 6 aromatic rings. The van der Waals surface area contributed by atoms with Crippen molar-refractivity contribution in [3.05, 3.63) is 118 Å². The number of halogens is 8.